The Hall–Kier alpha value is -4.83. The number of ether oxygens (including phenoxy) is 10. The quantitative estimate of drug-likeness (QED) is 0.0987. The first-order valence-corrected chi connectivity index (χ1v) is 20.7. The molecule has 0 spiro atoms. The van der Waals surface area contributed by atoms with Crippen molar-refractivity contribution in [2.24, 2.45) is 0 Å². The van der Waals surface area contributed by atoms with E-state index in [4.69, 9.17) is 47.4 Å². The van der Waals surface area contributed by atoms with Crippen LogP contribution in [-0.2, 0) is 78.6 Å². The van der Waals surface area contributed by atoms with Crippen molar-refractivity contribution in [2.45, 2.75) is 101 Å². The van der Waals surface area contributed by atoms with Crippen molar-refractivity contribution in [1.29, 1.82) is 0 Å². The molecule has 3 fully saturated rings. The Bertz CT molecular complexity index is 2040. The van der Waals surface area contributed by atoms with Gasteiger partial charge >= 0.3 is 5.97 Å². The minimum atomic E-state index is -1.36. The molecule has 3 saturated heterocycles. The van der Waals surface area contributed by atoms with Crippen LogP contribution in [0.25, 0.3) is 0 Å². The summed E-state index contributed by atoms with van der Waals surface area (Å²) in [6.45, 7) is 2.39. The molecule has 0 amide bonds. The number of hydrogen-bond acceptors (Lipinski definition) is 12. The van der Waals surface area contributed by atoms with Crippen LogP contribution < -0.4 is 0 Å². The third kappa shape index (κ3) is 11.4. The summed E-state index contributed by atoms with van der Waals surface area (Å²) in [4.78, 5) is 12.7. The second-order valence-electron chi connectivity index (χ2n) is 15.2. The van der Waals surface area contributed by atoms with Crippen molar-refractivity contribution in [3.05, 3.63) is 179 Å². The van der Waals surface area contributed by atoms with E-state index in [1.807, 2.05) is 152 Å². The van der Waals surface area contributed by atoms with Crippen molar-refractivity contribution in [1.82, 2.24) is 0 Å². The molecule has 0 aliphatic carbocycles. The summed E-state index contributed by atoms with van der Waals surface area (Å²) in [6.07, 6.45) is -11.0. The molecule has 11 atom stereocenters. The lowest BCUT2D eigenvalue weighted by Crippen LogP contribution is -2.67. The summed E-state index contributed by atoms with van der Waals surface area (Å²) in [5.74, 6) is -0.639. The highest BCUT2D eigenvalue weighted by Gasteiger charge is 2.56. The second-order valence-corrected chi connectivity index (χ2v) is 15.2. The molecule has 12 nitrogen and oxygen atoms in total. The molecule has 3 heterocycles. The van der Waals surface area contributed by atoms with Gasteiger partial charge in [0.1, 0.15) is 42.7 Å². The molecular weight excluding hydrogens is 781 g/mol. The fraction of sp³-hybridized carbons (Fsp3) is 0.367. The van der Waals surface area contributed by atoms with Gasteiger partial charge in [0.05, 0.1) is 39.6 Å². The predicted molar refractivity (Wildman–Crippen MR) is 221 cm³/mol. The maximum Gasteiger partial charge on any atom is 0.303 e. The fourth-order valence-electron chi connectivity index (χ4n) is 7.76. The van der Waals surface area contributed by atoms with Crippen LogP contribution in [0, 0.1) is 0 Å². The third-order valence-electron chi connectivity index (χ3n) is 10.8. The van der Waals surface area contributed by atoms with Gasteiger partial charge < -0.3 is 52.5 Å². The topological polar surface area (TPSA) is 130 Å². The highest BCUT2D eigenvalue weighted by atomic mass is 16.8. The van der Waals surface area contributed by atoms with E-state index in [1.165, 1.54) is 6.92 Å². The van der Waals surface area contributed by atoms with E-state index in [0.29, 0.717) is 6.61 Å². The summed E-state index contributed by atoms with van der Waals surface area (Å²) >= 11 is 0. The number of aliphatic hydroxyl groups excluding tert-OH is 1. The molecule has 3 aliphatic heterocycles. The second kappa shape index (κ2) is 21.3. The smallest absolute Gasteiger partial charge is 0.303 e. The van der Waals surface area contributed by atoms with Gasteiger partial charge in [0, 0.05) is 12.5 Å². The first-order chi connectivity index (χ1) is 30.0. The van der Waals surface area contributed by atoms with Gasteiger partial charge in [0.15, 0.2) is 25.0 Å². The number of esters is 1. The molecule has 0 unspecified atom stereocenters. The molecule has 5 aromatic carbocycles. The van der Waals surface area contributed by atoms with Crippen molar-refractivity contribution in [3.63, 3.8) is 0 Å². The molecule has 3 aliphatic rings. The van der Waals surface area contributed by atoms with Crippen LogP contribution in [0.5, 0.6) is 0 Å². The fourth-order valence-corrected chi connectivity index (χ4v) is 7.76. The van der Waals surface area contributed by atoms with Crippen molar-refractivity contribution in [3.8, 4) is 0 Å². The number of aliphatic hydroxyl groups is 1. The lowest BCUT2D eigenvalue weighted by atomic mass is 9.96. The zero-order valence-electron chi connectivity index (χ0n) is 34.0. The Labute approximate surface area is 356 Å². The van der Waals surface area contributed by atoms with Crippen molar-refractivity contribution >= 4 is 5.97 Å². The van der Waals surface area contributed by atoms with Crippen molar-refractivity contribution < 1.29 is 57.3 Å². The highest BCUT2D eigenvalue weighted by Crippen LogP contribution is 2.38. The molecule has 320 valence electrons. The van der Waals surface area contributed by atoms with Gasteiger partial charge in [-0.3, -0.25) is 4.79 Å². The number of fused-ring (bicyclic) bond motifs is 1. The Morgan fingerprint density at radius 2 is 1.08 bits per heavy atom. The number of carbonyl (C=O) groups excluding carboxylic acids is 1. The van der Waals surface area contributed by atoms with Gasteiger partial charge in [-0.05, 0) is 22.3 Å². The first-order valence-electron chi connectivity index (χ1n) is 20.7. The molecule has 61 heavy (non-hydrogen) atoms. The zero-order valence-corrected chi connectivity index (χ0v) is 34.0. The van der Waals surface area contributed by atoms with Crippen LogP contribution in [-0.4, -0.2) is 85.7 Å². The van der Waals surface area contributed by atoms with Crippen LogP contribution in [0.2, 0.25) is 0 Å². The van der Waals surface area contributed by atoms with E-state index in [2.05, 4.69) is 0 Å². The van der Waals surface area contributed by atoms with E-state index in [0.717, 1.165) is 27.8 Å². The summed E-state index contributed by atoms with van der Waals surface area (Å²) < 4.78 is 65.1. The van der Waals surface area contributed by atoms with Crippen LogP contribution in [0.4, 0.5) is 0 Å². The maximum absolute atomic E-state index is 12.7. The van der Waals surface area contributed by atoms with E-state index in [1.54, 1.807) is 0 Å². The Morgan fingerprint density at radius 1 is 0.574 bits per heavy atom. The number of hydrogen-bond donors (Lipinski definition) is 1. The molecule has 0 aromatic heterocycles. The van der Waals surface area contributed by atoms with Crippen LogP contribution in [0.1, 0.15) is 41.0 Å². The minimum Gasteiger partial charge on any atom is -0.454 e. The summed E-state index contributed by atoms with van der Waals surface area (Å²) in [6, 6.07) is 48.6. The zero-order chi connectivity index (χ0) is 41.8. The number of carbonyl (C=O) groups is 1. The average Bonchev–Trinajstić information content (AvgIpc) is 3.30. The molecule has 0 bridgehead atoms. The van der Waals surface area contributed by atoms with E-state index < -0.39 is 73.7 Å². The van der Waals surface area contributed by atoms with E-state index >= 15 is 0 Å². The van der Waals surface area contributed by atoms with Gasteiger partial charge in [-0.1, -0.05) is 152 Å². The van der Waals surface area contributed by atoms with Crippen LogP contribution in [0.3, 0.4) is 0 Å². The first kappa shape index (κ1) is 42.8. The molecule has 5 aromatic rings. The predicted octanol–water partition coefficient (Wildman–Crippen LogP) is 6.83. The Balaban J connectivity index is 1.12. The number of benzene rings is 5. The molecule has 1 N–H and O–H groups in total. The molecular formula is C49H52O12. The standard InChI is InChI=1S/C49H52O12/c1-33(50)57-44-41(51)42-40(32-56-47(60-42)38-25-15-6-16-26-38)59-49(44)61-46-45(54-29-36-21-11-4-12-22-36)43(53-28-35-19-9-3-10-20-35)39(31-52-27-34-17-7-2-8-18-34)58-48(46)55-30-37-23-13-5-14-24-37/h2-26,39-49,51H,27-32H2,1H3/t39-,40-,41+,42-,43-,44+,45+,46+,47-,48+,49-/m1/s1. The van der Waals surface area contributed by atoms with Gasteiger partial charge in [-0.15, -0.1) is 0 Å². The normalized spacial score (nSPS) is 28.7. The Morgan fingerprint density at radius 3 is 1.64 bits per heavy atom. The SMILES string of the molecule is CC(=O)O[C@@H]1[C@@H](O[C@@H]2[C@@H](OCc3ccccc3)O[C@H](COCc3ccccc3)[C@@H](OCc3ccccc3)[C@@H]2OCc2ccccc2)O[C@@H]2CO[C@@H](c3ccccc3)O[C@H]2[C@@H]1O. The van der Waals surface area contributed by atoms with E-state index in [9.17, 15) is 9.90 Å². The minimum absolute atomic E-state index is 0.0701. The molecule has 8 rings (SSSR count). The molecule has 12 heteroatoms. The average molecular weight is 833 g/mol. The lowest BCUT2D eigenvalue weighted by Gasteiger charge is -2.50. The third-order valence-corrected chi connectivity index (χ3v) is 10.8. The monoisotopic (exact) mass is 832 g/mol. The number of rotatable bonds is 17. The lowest BCUT2D eigenvalue weighted by molar-refractivity contribution is -0.396. The summed E-state index contributed by atoms with van der Waals surface area (Å²) in [5.41, 5.74) is 4.54. The van der Waals surface area contributed by atoms with E-state index in [-0.39, 0.29) is 33.0 Å². The van der Waals surface area contributed by atoms with Crippen molar-refractivity contribution in [2.75, 3.05) is 13.2 Å². The van der Waals surface area contributed by atoms with Gasteiger partial charge in [0.25, 0.3) is 0 Å². The van der Waals surface area contributed by atoms with Crippen LogP contribution >= 0.6 is 0 Å². The van der Waals surface area contributed by atoms with Gasteiger partial charge in [0.2, 0.25) is 0 Å². The largest absolute Gasteiger partial charge is 0.454 e. The van der Waals surface area contributed by atoms with Crippen LogP contribution in [0.15, 0.2) is 152 Å². The highest BCUT2D eigenvalue weighted by molar-refractivity contribution is 5.66. The maximum atomic E-state index is 12.7. The summed E-state index contributed by atoms with van der Waals surface area (Å²) in [7, 11) is 0. The summed E-state index contributed by atoms with van der Waals surface area (Å²) in [5, 5.41) is 12.0. The van der Waals surface area contributed by atoms with Gasteiger partial charge in [-0.25, -0.2) is 0 Å². The van der Waals surface area contributed by atoms with Gasteiger partial charge in [-0.2, -0.15) is 0 Å². The Kier molecular flexibility index (Phi) is 15.0. The molecule has 0 radical (unpaired) electrons. The molecule has 0 saturated carbocycles.